The molecule has 1 atom stereocenters. The first kappa shape index (κ1) is 19.0. The summed E-state index contributed by atoms with van der Waals surface area (Å²) in [5, 5.41) is 9.06. The molecule has 1 fully saturated rings. The summed E-state index contributed by atoms with van der Waals surface area (Å²) in [6, 6.07) is 3.26. The molecule has 0 bridgehead atoms. The van der Waals surface area contributed by atoms with Crippen molar-refractivity contribution in [2.45, 2.75) is 38.6 Å². The largest absolute Gasteiger partial charge is 0.481 e. The first-order valence-corrected chi connectivity index (χ1v) is 8.77. The Morgan fingerprint density at radius 3 is 2.74 bits per heavy atom. The van der Waals surface area contributed by atoms with Crippen LogP contribution < -0.4 is 0 Å². The van der Waals surface area contributed by atoms with Gasteiger partial charge in [-0.1, -0.05) is 6.92 Å². The van der Waals surface area contributed by atoms with E-state index in [0.717, 1.165) is 25.0 Å². The standard InChI is InChI=1S/C19H20F2N2O4/c1-11(19(25)26)10-23(13-3-4-13)18(24)7-6-17-22-9-16(27-17)14-5-2-12(20)8-15(14)21/h2,5,8-9,11,13H,3-4,6-7,10H2,1H3,(H,25,26). The Labute approximate surface area is 154 Å². The van der Waals surface area contributed by atoms with E-state index in [1.807, 2.05) is 0 Å². The quantitative estimate of drug-likeness (QED) is 0.762. The van der Waals surface area contributed by atoms with Crippen LogP contribution in [0.3, 0.4) is 0 Å². The molecule has 1 aliphatic carbocycles. The predicted molar refractivity (Wildman–Crippen MR) is 91.7 cm³/mol. The monoisotopic (exact) mass is 378 g/mol. The number of amides is 1. The smallest absolute Gasteiger partial charge is 0.308 e. The van der Waals surface area contributed by atoms with Crippen molar-refractivity contribution in [2.75, 3.05) is 6.54 Å². The number of aromatic nitrogens is 1. The molecule has 1 aromatic carbocycles. The van der Waals surface area contributed by atoms with E-state index in [4.69, 9.17) is 9.52 Å². The third kappa shape index (κ3) is 4.69. The Morgan fingerprint density at radius 2 is 2.11 bits per heavy atom. The lowest BCUT2D eigenvalue weighted by Gasteiger charge is -2.24. The van der Waals surface area contributed by atoms with E-state index in [0.29, 0.717) is 0 Å². The van der Waals surface area contributed by atoms with Gasteiger partial charge in [0, 0.05) is 31.5 Å². The summed E-state index contributed by atoms with van der Waals surface area (Å²) in [6.07, 6.45) is 3.43. The zero-order valence-electron chi connectivity index (χ0n) is 14.8. The number of rotatable bonds is 8. The number of aliphatic carboxylic acids is 1. The van der Waals surface area contributed by atoms with Crippen LogP contribution in [0.2, 0.25) is 0 Å². The molecule has 144 valence electrons. The van der Waals surface area contributed by atoms with Crippen LogP contribution in [-0.4, -0.2) is 39.5 Å². The first-order chi connectivity index (χ1) is 12.8. The van der Waals surface area contributed by atoms with Gasteiger partial charge in [-0.15, -0.1) is 0 Å². The molecule has 1 aliphatic rings. The summed E-state index contributed by atoms with van der Waals surface area (Å²) < 4.78 is 32.3. The fourth-order valence-corrected chi connectivity index (χ4v) is 2.81. The van der Waals surface area contributed by atoms with E-state index in [1.165, 1.54) is 12.3 Å². The third-order valence-corrected chi connectivity index (χ3v) is 4.50. The molecule has 6 nitrogen and oxygen atoms in total. The summed E-state index contributed by atoms with van der Waals surface area (Å²) in [5.74, 6) is -2.74. The minimum absolute atomic E-state index is 0.0939. The number of carboxylic acid groups (broad SMARTS) is 1. The van der Waals surface area contributed by atoms with Crippen molar-refractivity contribution in [1.29, 1.82) is 0 Å². The number of hydrogen-bond donors (Lipinski definition) is 1. The van der Waals surface area contributed by atoms with Crippen molar-refractivity contribution in [2.24, 2.45) is 5.92 Å². The number of aryl methyl sites for hydroxylation is 1. The van der Waals surface area contributed by atoms with Crippen LogP contribution in [0.5, 0.6) is 0 Å². The number of carbonyl (C=O) groups excluding carboxylic acids is 1. The van der Waals surface area contributed by atoms with Crippen molar-refractivity contribution < 1.29 is 27.9 Å². The maximum Gasteiger partial charge on any atom is 0.308 e. The first-order valence-electron chi connectivity index (χ1n) is 8.77. The lowest BCUT2D eigenvalue weighted by molar-refractivity contribution is -0.143. The maximum absolute atomic E-state index is 13.8. The molecule has 1 heterocycles. The van der Waals surface area contributed by atoms with Gasteiger partial charge in [0.05, 0.1) is 17.7 Å². The Hall–Kier alpha value is -2.77. The summed E-state index contributed by atoms with van der Waals surface area (Å²) in [6.45, 7) is 1.75. The second kappa shape index (κ2) is 7.85. The van der Waals surface area contributed by atoms with E-state index < -0.39 is 23.5 Å². The van der Waals surface area contributed by atoms with Crippen molar-refractivity contribution in [3.63, 3.8) is 0 Å². The Morgan fingerprint density at radius 1 is 1.37 bits per heavy atom. The van der Waals surface area contributed by atoms with Crippen LogP contribution >= 0.6 is 0 Å². The molecular weight excluding hydrogens is 358 g/mol. The van der Waals surface area contributed by atoms with Gasteiger partial charge in [-0.3, -0.25) is 9.59 Å². The average molecular weight is 378 g/mol. The molecular formula is C19H20F2N2O4. The molecule has 3 rings (SSSR count). The van der Waals surface area contributed by atoms with Crippen LogP contribution in [0, 0.1) is 17.6 Å². The number of halogens is 2. The van der Waals surface area contributed by atoms with Gasteiger partial charge in [-0.25, -0.2) is 13.8 Å². The summed E-state index contributed by atoms with van der Waals surface area (Å²) in [4.78, 5) is 29.2. The van der Waals surface area contributed by atoms with Crippen LogP contribution in [0.1, 0.15) is 32.1 Å². The molecule has 0 radical (unpaired) electrons. The van der Waals surface area contributed by atoms with Crippen molar-refractivity contribution in [3.8, 4) is 11.3 Å². The molecule has 2 aromatic rings. The zero-order valence-corrected chi connectivity index (χ0v) is 14.8. The van der Waals surface area contributed by atoms with Crippen LogP contribution in [-0.2, 0) is 16.0 Å². The number of nitrogens with zero attached hydrogens (tertiary/aromatic N) is 2. The lowest BCUT2D eigenvalue weighted by Crippen LogP contribution is -2.38. The molecule has 1 aromatic heterocycles. The topological polar surface area (TPSA) is 83.6 Å². The number of oxazole rings is 1. The van der Waals surface area contributed by atoms with Crippen LogP contribution in [0.25, 0.3) is 11.3 Å². The SMILES string of the molecule is CC(CN(C(=O)CCc1ncc(-c2ccc(F)cc2F)o1)C1CC1)C(=O)O. The normalized spacial score (nSPS) is 14.8. The highest BCUT2D eigenvalue weighted by atomic mass is 19.1. The van der Waals surface area contributed by atoms with Gasteiger partial charge in [-0.05, 0) is 25.0 Å². The van der Waals surface area contributed by atoms with E-state index in [2.05, 4.69) is 4.98 Å². The van der Waals surface area contributed by atoms with Gasteiger partial charge in [0.1, 0.15) is 11.6 Å². The van der Waals surface area contributed by atoms with Gasteiger partial charge in [0.15, 0.2) is 11.7 Å². The second-order valence-electron chi connectivity index (χ2n) is 6.76. The number of hydrogen-bond acceptors (Lipinski definition) is 4. The van der Waals surface area contributed by atoms with E-state index in [9.17, 15) is 18.4 Å². The number of carbonyl (C=O) groups is 2. The Bertz CT molecular complexity index is 848. The van der Waals surface area contributed by atoms with Crippen molar-refractivity contribution >= 4 is 11.9 Å². The molecule has 0 saturated heterocycles. The van der Waals surface area contributed by atoms with Crippen molar-refractivity contribution in [1.82, 2.24) is 9.88 Å². The summed E-state index contributed by atoms with van der Waals surface area (Å²) in [5.41, 5.74) is 0.0939. The minimum Gasteiger partial charge on any atom is -0.481 e. The molecule has 1 amide bonds. The molecule has 1 unspecified atom stereocenters. The van der Waals surface area contributed by atoms with Crippen LogP contribution in [0.15, 0.2) is 28.8 Å². The Kier molecular flexibility index (Phi) is 5.53. The second-order valence-corrected chi connectivity index (χ2v) is 6.76. The number of benzene rings is 1. The van der Waals surface area contributed by atoms with E-state index in [-0.39, 0.29) is 48.5 Å². The van der Waals surface area contributed by atoms with Gasteiger partial charge in [-0.2, -0.15) is 0 Å². The summed E-state index contributed by atoms with van der Waals surface area (Å²) in [7, 11) is 0. The fraction of sp³-hybridized carbons (Fsp3) is 0.421. The van der Waals surface area contributed by atoms with Gasteiger partial charge >= 0.3 is 5.97 Å². The Balaban J connectivity index is 1.62. The fourth-order valence-electron chi connectivity index (χ4n) is 2.81. The molecule has 0 aliphatic heterocycles. The highest BCUT2D eigenvalue weighted by Crippen LogP contribution is 2.29. The number of carboxylic acids is 1. The third-order valence-electron chi connectivity index (χ3n) is 4.50. The molecule has 0 spiro atoms. The van der Waals surface area contributed by atoms with Gasteiger partial charge in [0.2, 0.25) is 5.91 Å². The maximum atomic E-state index is 13.8. The predicted octanol–water partition coefficient (Wildman–Crippen LogP) is 3.26. The van der Waals surface area contributed by atoms with Gasteiger partial charge in [0.25, 0.3) is 0 Å². The molecule has 27 heavy (non-hydrogen) atoms. The molecule has 1 saturated carbocycles. The van der Waals surface area contributed by atoms with Crippen LogP contribution in [0.4, 0.5) is 8.78 Å². The molecule has 1 N–H and O–H groups in total. The molecule has 8 heteroatoms. The highest BCUT2D eigenvalue weighted by Gasteiger charge is 2.34. The van der Waals surface area contributed by atoms with E-state index >= 15 is 0 Å². The lowest BCUT2D eigenvalue weighted by atomic mass is 10.1. The minimum atomic E-state index is -0.938. The van der Waals surface area contributed by atoms with Crippen molar-refractivity contribution in [3.05, 3.63) is 41.9 Å². The summed E-state index contributed by atoms with van der Waals surface area (Å²) >= 11 is 0. The van der Waals surface area contributed by atoms with E-state index in [1.54, 1.807) is 11.8 Å². The highest BCUT2D eigenvalue weighted by molar-refractivity contribution is 5.78. The average Bonchev–Trinajstić information content (AvgIpc) is 3.35. The van der Waals surface area contributed by atoms with Gasteiger partial charge < -0.3 is 14.4 Å². The zero-order chi connectivity index (χ0) is 19.6.